The molecule has 2 aromatic rings. The molecule has 1 aromatic heterocycles. The van der Waals surface area contributed by atoms with Crippen LogP contribution in [0.5, 0.6) is 0 Å². The SMILES string of the molecule is Cc1cccc(S(=O)(=O)N2CCN(c3ncccc3C(=O)O)CC2)c1. The van der Waals surface area contributed by atoms with Gasteiger partial charge < -0.3 is 10.0 Å². The summed E-state index contributed by atoms with van der Waals surface area (Å²) in [6, 6.07) is 9.90. The Balaban J connectivity index is 1.77. The summed E-state index contributed by atoms with van der Waals surface area (Å²) < 4.78 is 26.9. The first-order chi connectivity index (χ1) is 11.9. The lowest BCUT2D eigenvalue weighted by atomic mass is 10.2. The molecule has 0 spiro atoms. The van der Waals surface area contributed by atoms with Crippen LogP contribution in [0, 0.1) is 6.92 Å². The van der Waals surface area contributed by atoms with Crippen LogP contribution in [0.15, 0.2) is 47.5 Å². The number of piperazine rings is 1. The average Bonchev–Trinajstić information content (AvgIpc) is 2.62. The van der Waals surface area contributed by atoms with Gasteiger partial charge in [-0.25, -0.2) is 18.2 Å². The van der Waals surface area contributed by atoms with Gasteiger partial charge in [0, 0.05) is 32.4 Å². The highest BCUT2D eigenvalue weighted by Crippen LogP contribution is 2.22. The number of carbonyl (C=O) groups is 1. The van der Waals surface area contributed by atoms with E-state index in [1.165, 1.54) is 16.6 Å². The molecule has 1 N–H and O–H groups in total. The van der Waals surface area contributed by atoms with E-state index in [1.807, 2.05) is 17.9 Å². The molecule has 132 valence electrons. The maximum Gasteiger partial charge on any atom is 0.339 e. The minimum atomic E-state index is -3.55. The maximum atomic E-state index is 12.8. The lowest BCUT2D eigenvalue weighted by molar-refractivity contribution is 0.0697. The fourth-order valence-corrected chi connectivity index (χ4v) is 4.41. The zero-order valence-corrected chi connectivity index (χ0v) is 14.6. The van der Waals surface area contributed by atoms with Crippen molar-refractivity contribution in [2.24, 2.45) is 0 Å². The van der Waals surface area contributed by atoms with Gasteiger partial charge in [-0.2, -0.15) is 4.31 Å². The van der Waals surface area contributed by atoms with Crippen LogP contribution in [-0.2, 0) is 10.0 Å². The lowest BCUT2D eigenvalue weighted by Crippen LogP contribution is -2.49. The fourth-order valence-electron chi connectivity index (χ4n) is 2.88. The highest BCUT2D eigenvalue weighted by Gasteiger charge is 2.30. The quantitative estimate of drug-likeness (QED) is 0.889. The van der Waals surface area contributed by atoms with Gasteiger partial charge in [-0.1, -0.05) is 12.1 Å². The number of aromatic nitrogens is 1. The third kappa shape index (κ3) is 3.49. The second kappa shape index (κ2) is 6.81. The van der Waals surface area contributed by atoms with Crippen molar-refractivity contribution in [3.63, 3.8) is 0 Å². The van der Waals surface area contributed by atoms with Crippen LogP contribution in [0.2, 0.25) is 0 Å². The molecular formula is C17H19N3O4S. The van der Waals surface area contributed by atoms with Crippen molar-refractivity contribution in [3.05, 3.63) is 53.7 Å². The molecule has 0 bridgehead atoms. The smallest absolute Gasteiger partial charge is 0.339 e. The number of carboxylic acids is 1. The maximum absolute atomic E-state index is 12.8. The second-order valence-corrected chi connectivity index (χ2v) is 7.83. The fraction of sp³-hybridized carbons (Fsp3) is 0.294. The van der Waals surface area contributed by atoms with Gasteiger partial charge in [0.2, 0.25) is 10.0 Å². The molecule has 0 atom stereocenters. The molecule has 0 unspecified atom stereocenters. The van der Waals surface area contributed by atoms with Crippen molar-refractivity contribution in [1.82, 2.24) is 9.29 Å². The predicted octanol–water partition coefficient (Wildman–Crippen LogP) is 1.60. The van der Waals surface area contributed by atoms with Crippen LogP contribution < -0.4 is 4.90 Å². The molecule has 1 fully saturated rings. The molecule has 0 radical (unpaired) electrons. The van der Waals surface area contributed by atoms with Crippen molar-refractivity contribution in [1.29, 1.82) is 0 Å². The standard InChI is InChI=1S/C17H19N3O4S/c1-13-4-2-5-14(12-13)25(23,24)20-10-8-19(9-11-20)16-15(17(21)22)6-3-7-18-16/h2-7,12H,8-11H2,1H3,(H,21,22). The van der Waals surface area contributed by atoms with Crippen molar-refractivity contribution in [2.75, 3.05) is 31.1 Å². The molecule has 1 aliphatic heterocycles. The Morgan fingerprint density at radius 2 is 1.84 bits per heavy atom. The summed E-state index contributed by atoms with van der Waals surface area (Å²) in [5, 5.41) is 9.28. The topological polar surface area (TPSA) is 90.8 Å². The van der Waals surface area contributed by atoms with E-state index in [2.05, 4.69) is 4.98 Å². The number of aryl methyl sites for hydroxylation is 1. The van der Waals surface area contributed by atoms with Gasteiger partial charge in [0.25, 0.3) is 0 Å². The Labute approximate surface area is 146 Å². The van der Waals surface area contributed by atoms with E-state index in [0.717, 1.165) is 5.56 Å². The number of rotatable bonds is 4. The zero-order valence-electron chi connectivity index (χ0n) is 13.8. The number of sulfonamides is 1. The number of carboxylic acid groups (broad SMARTS) is 1. The van der Waals surface area contributed by atoms with Crippen LogP contribution in [0.25, 0.3) is 0 Å². The molecule has 25 heavy (non-hydrogen) atoms. The van der Waals surface area contributed by atoms with Crippen molar-refractivity contribution >= 4 is 21.8 Å². The van der Waals surface area contributed by atoms with Crippen molar-refractivity contribution in [2.45, 2.75) is 11.8 Å². The summed E-state index contributed by atoms with van der Waals surface area (Å²) in [6.45, 7) is 3.20. The van der Waals surface area contributed by atoms with Gasteiger partial charge in [-0.05, 0) is 36.8 Å². The summed E-state index contributed by atoms with van der Waals surface area (Å²) in [6.07, 6.45) is 1.54. The predicted molar refractivity (Wildman–Crippen MR) is 93.3 cm³/mol. The molecule has 3 rings (SSSR count). The third-order valence-corrected chi connectivity index (χ3v) is 6.08. The number of aromatic carboxylic acids is 1. The molecule has 1 aromatic carbocycles. The van der Waals surface area contributed by atoms with Crippen molar-refractivity contribution < 1.29 is 18.3 Å². The molecule has 2 heterocycles. The largest absolute Gasteiger partial charge is 0.478 e. The van der Waals surface area contributed by atoms with E-state index < -0.39 is 16.0 Å². The van der Waals surface area contributed by atoms with Crippen LogP contribution in [0.1, 0.15) is 15.9 Å². The Bertz CT molecular complexity index is 890. The molecule has 1 aliphatic rings. The molecule has 7 nitrogen and oxygen atoms in total. The third-order valence-electron chi connectivity index (χ3n) is 4.18. The summed E-state index contributed by atoms with van der Waals surface area (Å²) in [7, 11) is -3.55. The summed E-state index contributed by atoms with van der Waals surface area (Å²) in [4.78, 5) is 17.6. The Morgan fingerprint density at radius 3 is 2.48 bits per heavy atom. The molecule has 8 heteroatoms. The second-order valence-electron chi connectivity index (χ2n) is 5.89. The number of benzene rings is 1. The molecular weight excluding hydrogens is 342 g/mol. The summed E-state index contributed by atoms with van der Waals surface area (Å²) in [5.74, 6) is -0.666. The highest BCUT2D eigenvalue weighted by molar-refractivity contribution is 7.89. The molecule has 0 aliphatic carbocycles. The normalized spacial score (nSPS) is 16.0. The molecule has 0 amide bonds. The van der Waals surface area contributed by atoms with E-state index in [0.29, 0.717) is 18.9 Å². The van der Waals surface area contributed by atoms with Gasteiger partial charge in [0.05, 0.1) is 4.90 Å². The Hall–Kier alpha value is -2.45. The van der Waals surface area contributed by atoms with Gasteiger partial charge in [0.1, 0.15) is 11.4 Å². The highest BCUT2D eigenvalue weighted by atomic mass is 32.2. The lowest BCUT2D eigenvalue weighted by Gasteiger charge is -2.35. The average molecular weight is 361 g/mol. The van der Waals surface area contributed by atoms with Crippen molar-refractivity contribution in [3.8, 4) is 0 Å². The minimum Gasteiger partial charge on any atom is -0.478 e. The van der Waals surface area contributed by atoms with Gasteiger partial charge in [-0.15, -0.1) is 0 Å². The van der Waals surface area contributed by atoms with E-state index in [-0.39, 0.29) is 23.5 Å². The van der Waals surface area contributed by atoms with Gasteiger partial charge in [0.15, 0.2) is 0 Å². The first kappa shape index (κ1) is 17.4. The van der Waals surface area contributed by atoms with E-state index in [4.69, 9.17) is 0 Å². The summed E-state index contributed by atoms with van der Waals surface area (Å²) >= 11 is 0. The number of pyridine rings is 1. The van der Waals surface area contributed by atoms with E-state index in [9.17, 15) is 18.3 Å². The Morgan fingerprint density at radius 1 is 1.12 bits per heavy atom. The number of hydrogen-bond donors (Lipinski definition) is 1. The zero-order chi connectivity index (χ0) is 18.0. The van der Waals surface area contributed by atoms with Gasteiger partial charge >= 0.3 is 5.97 Å². The first-order valence-electron chi connectivity index (χ1n) is 7.89. The van der Waals surface area contributed by atoms with Gasteiger partial charge in [-0.3, -0.25) is 0 Å². The number of nitrogens with zero attached hydrogens (tertiary/aromatic N) is 3. The van der Waals surface area contributed by atoms with E-state index in [1.54, 1.807) is 24.3 Å². The summed E-state index contributed by atoms with van der Waals surface area (Å²) in [5.41, 5.74) is 1.01. The monoisotopic (exact) mass is 361 g/mol. The Kier molecular flexibility index (Phi) is 4.73. The van der Waals surface area contributed by atoms with Crippen LogP contribution in [0.4, 0.5) is 5.82 Å². The van der Waals surface area contributed by atoms with Crippen LogP contribution >= 0.6 is 0 Å². The first-order valence-corrected chi connectivity index (χ1v) is 9.33. The molecule has 1 saturated heterocycles. The molecule has 0 saturated carbocycles. The number of hydrogen-bond acceptors (Lipinski definition) is 5. The van der Waals surface area contributed by atoms with Crippen LogP contribution in [-0.4, -0.2) is 55.0 Å². The van der Waals surface area contributed by atoms with Crippen LogP contribution in [0.3, 0.4) is 0 Å². The number of anilines is 1. The van der Waals surface area contributed by atoms with E-state index >= 15 is 0 Å². The minimum absolute atomic E-state index is 0.123.